The van der Waals surface area contributed by atoms with Crippen LogP contribution in [0.2, 0.25) is 0 Å². The number of hydrogen-bond donors (Lipinski definition) is 0. The molecule has 4 atom stereocenters. The molecule has 3 heterocycles. The van der Waals surface area contributed by atoms with Crippen LogP contribution in [0, 0.1) is 0 Å². The third kappa shape index (κ3) is 5.01. The lowest BCUT2D eigenvalue weighted by atomic mass is 9.97. The Kier molecular flexibility index (Phi) is 7.01. The first kappa shape index (κ1) is 28.2. The summed E-state index contributed by atoms with van der Waals surface area (Å²) in [4.78, 5) is 15.8. The van der Waals surface area contributed by atoms with Crippen LogP contribution in [-0.4, -0.2) is 16.8 Å². The Bertz CT molecular complexity index is 2140. The molecule has 0 saturated carbocycles. The summed E-state index contributed by atoms with van der Waals surface area (Å²) in [6.45, 7) is 0. The van der Waals surface area contributed by atoms with Crippen molar-refractivity contribution in [3.8, 4) is 0 Å². The van der Waals surface area contributed by atoms with E-state index >= 15 is 0 Å². The van der Waals surface area contributed by atoms with Gasteiger partial charge in [0.1, 0.15) is 12.1 Å². The van der Waals surface area contributed by atoms with E-state index in [0.29, 0.717) is 11.8 Å². The second-order valence-electron chi connectivity index (χ2n) is 12.2. The van der Waals surface area contributed by atoms with Gasteiger partial charge in [0.05, 0.1) is 22.2 Å². The minimum atomic E-state index is -0.249. The molecule has 2 aliphatic rings. The van der Waals surface area contributed by atoms with Crippen LogP contribution in [0.5, 0.6) is 0 Å². The van der Waals surface area contributed by atoms with Crippen LogP contribution < -0.4 is 0 Å². The van der Waals surface area contributed by atoms with Gasteiger partial charge in [0.2, 0.25) is 11.8 Å². The van der Waals surface area contributed by atoms with Crippen molar-refractivity contribution in [3.63, 3.8) is 0 Å². The Hall–Kier alpha value is -6.07. The molecule has 0 saturated heterocycles. The standard InChI is InChI=1S/C43H31N3O2/c1-5-15-28(16-6-1)38-40(30-19-9-3-10-20-30)47-42(45-38)34-25-13-23-32-27-33-24-14-26-35(37(33)44-36(32)34)43-46-39(29-17-7-2-8-18-29)41(48-43)31-21-11-4-12-22-31/h1-27,38-41H/t38-,39-,40+,41+/m0/s1. The molecule has 0 unspecified atom stereocenters. The van der Waals surface area contributed by atoms with E-state index in [-0.39, 0.29) is 24.3 Å². The number of fused-ring (bicyclic) bond motifs is 2. The van der Waals surface area contributed by atoms with E-state index in [1.807, 2.05) is 60.7 Å². The summed E-state index contributed by atoms with van der Waals surface area (Å²) in [5.41, 5.74) is 7.78. The van der Waals surface area contributed by atoms with Crippen molar-refractivity contribution in [2.24, 2.45) is 9.98 Å². The largest absolute Gasteiger partial charge is 0.467 e. The third-order valence-corrected chi connectivity index (χ3v) is 9.23. The van der Waals surface area contributed by atoms with Gasteiger partial charge in [-0.2, -0.15) is 0 Å². The molecule has 0 amide bonds. The molecule has 5 heteroatoms. The Morgan fingerprint density at radius 2 is 0.750 bits per heavy atom. The zero-order valence-electron chi connectivity index (χ0n) is 26.1. The predicted molar refractivity (Wildman–Crippen MR) is 191 cm³/mol. The van der Waals surface area contributed by atoms with E-state index in [0.717, 1.165) is 55.2 Å². The molecule has 9 rings (SSSR count). The molecule has 7 aromatic rings. The van der Waals surface area contributed by atoms with Gasteiger partial charge in [-0.25, -0.2) is 15.0 Å². The number of rotatable bonds is 6. The molecule has 2 aliphatic heterocycles. The van der Waals surface area contributed by atoms with E-state index in [2.05, 4.69) is 103 Å². The van der Waals surface area contributed by atoms with Crippen molar-refractivity contribution in [3.05, 3.63) is 197 Å². The fourth-order valence-electron chi connectivity index (χ4n) is 6.90. The van der Waals surface area contributed by atoms with Crippen molar-refractivity contribution < 1.29 is 9.47 Å². The maximum Gasteiger partial charge on any atom is 0.219 e. The molecule has 5 nitrogen and oxygen atoms in total. The fourth-order valence-corrected chi connectivity index (χ4v) is 6.90. The number of aromatic nitrogens is 1. The molecule has 0 N–H and O–H groups in total. The maximum absolute atomic E-state index is 6.74. The van der Waals surface area contributed by atoms with Crippen molar-refractivity contribution >= 4 is 33.6 Å². The summed E-state index contributed by atoms with van der Waals surface area (Å²) < 4.78 is 13.5. The van der Waals surface area contributed by atoms with Crippen molar-refractivity contribution in [1.29, 1.82) is 0 Å². The van der Waals surface area contributed by atoms with Crippen molar-refractivity contribution in [2.75, 3.05) is 0 Å². The number of ether oxygens (including phenoxy) is 2. The topological polar surface area (TPSA) is 56.1 Å². The lowest BCUT2D eigenvalue weighted by Gasteiger charge is -2.19. The third-order valence-electron chi connectivity index (χ3n) is 9.23. The molecule has 1 aromatic heterocycles. The zero-order chi connectivity index (χ0) is 31.9. The van der Waals surface area contributed by atoms with Crippen LogP contribution in [0.25, 0.3) is 21.8 Å². The fraction of sp³-hybridized carbons (Fsp3) is 0.0930. The quantitative estimate of drug-likeness (QED) is 0.174. The molecule has 0 fully saturated rings. The van der Waals surface area contributed by atoms with Gasteiger partial charge < -0.3 is 9.47 Å². The maximum atomic E-state index is 6.74. The van der Waals surface area contributed by atoms with E-state index in [1.165, 1.54) is 0 Å². The van der Waals surface area contributed by atoms with Gasteiger partial charge in [0, 0.05) is 10.8 Å². The zero-order valence-corrected chi connectivity index (χ0v) is 26.1. The monoisotopic (exact) mass is 621 g/mol. The Morgan fingerprint density at radius 1 is 0.375 bits per heavy atom. The van der Waals surface area contributed by atoms with E-state index < -0.39 is 0 Å². The molecule has 0 aliphatic carbocycles. The Morgan fingerprint density at radius 3 is 1.15 bits per heavy atom. The summed E-state index contributed by atoms with van der Waals surface area (Å²) in [5, 5.41) is 2.03. The average Bonchev–Trinajstić information content (AvgIpc) is 3.81. The molecule has 230 valence electrons. The number of benzene rings is 6. The van der Waals surface area contributed by atoms with Crippen LogP contribution in [-0.2, 0) is 9.47 Å². The smallest absolute Gasteiger partial charge is 0.219 e. The number of para-hydroxylation sites is 2. The molecular formula is C43H31N3O2. The summed E-state index contributed by atoms with van der Waals surface area (Å²) >= 11 is 0. The van der Waals surface area contributed by atoms with Gasteiger partial charge in [-0.15, -0.1) is 0 Å². The molecule has 6 aromatic carbocycles. The Balaban J connectivity index is 1.16. The Labute approximate surface area is 278 Å². The highest BCUT2D eigenvalue weighted by Crippen LogP contribution is 2.43. The number of nitrogens with zero attached hydrogens (tertiary/aromatic N) is 3. The van der Waals surface area contributed by atoms with Crippen LogP contribution in [0.3, 0.4) is 0 Å². The van der Waals surface area contributed by atoms with Gasteiger partial charge in [0.25, 0.3) is 0 Å². The van der Waals surface area contributed by atoms with E-state index in [1.54, 1.807) is 0 Å². The summed E-state index contributed by atoms with van der Waals surface area (Å²) in [7, 11) is 0. The van der Waals surface area contributed by atoms with Gasteiger partial charge in [-0.05, 0) is 40.5 Å². The van der Waals surface area contributed by atoms with Gasteiger partial charge in [0.15, 0.2) is 12.2 Å². The highest BCUT2D eigenvalue weighted by Gasteiger charge is 2.36. The molecule has 0 bridgehead atoms. The highest BCUT2D eigenvalue weighted by atomic mass is 16.5. The molecule has 0 radical (unpaired) electrons. The molecule has 48 heavy (non-hydrogen) atoms. The SMILES string of the molecule is c1ccc([C@H]2OC(c3cccc4cc5cccc(C6=N[C@@H](c7ccccc7)[C@@H](c7ccccc7)O6)c5nc34)=N[C@H]2c2ccccc2)cc1. The summed E-state index contributed by atoms with van der Waals surface area (Å²) in [5.74, 6) is 1.19. The van der Waals surface area contributed by atoms with Crippen molar-refractivity contribution in [2.45, 2.75) is 24.3 Å². The van der Waals surface area contributed by atoms with Crippen LogP contribution in [0.15, 0.2) is 174 Å². The van der Waals surface area contributed by atoms with E-state index in [9.17, 15) is 0 Å². The second kappa shape index (κ2) is 11.9. The summed E-state index contributed by atoms with van der Waals surface area (Å²) in [6, 6.07) is 55.6. The number of pyridine rings is 1. The van der Waals surface area contributed by atoms with Gasteiger partial charge >= 0.3 is 0 Å². The lowest BCUT2D eigenvalue weighted by molar-refractivity contribution is 0.197. The highest BCUT2D eigenvalue weighted by molar-refractivity contribution is 6.12. The van der Waals surface area contributed by atoms with Crippen LogP contribution in [0.4, 0.5) is 0 Å². The van der Waals surface area contributed by atoms with Gasteiger partial charge in [-0.1, -0.05) is 146 Å². The number of aliphatic imine (C=N–C) groups is 2. The first-order valence-corrected chi connectivity index (χ1v) is 16.3. The second-order valence-corrected chi connectivity index (χ2v) is 12.2. The van der Waals surface area contributed by atoms with E-state index in [4.69, 9.17) is 24.4 Å². The normalized spacial score (nSPS) is 20.2. The minimum Gasteiger partial charge on any atom is -0.467 e. The van der Waals surface area contributed by atoms with Crippen LogP contribution >= 0.6 is 0 Å². The lowest BCUT2D eigenvalue weighted by Crippen LogP contribution is -2.10. The average molecular weight is 622 g/mol. The summed E-state index contributed by atoms with van der Waals surface area (Å²) in [6.07, 6.45) is -0.498. The van der Waals surface area contributed by atoms with Crippen molar-refractivity contribution in [1.82, 2.24) is 4.98 Å². The van der Waals surface area contributed by atoms with Crippen LogP contribution in [0.1, 0.15) is 57.7 Å². The minimum absolute atomic E-state index is 0.180. The molecule has 0 spiro atoms. The van der Waals surface area contributed by atoms with Gasteiger partial charge in [-0.3, -0.25) is 0 Å². The first-order chi connectivity index (χ1) is 23.8. The predicted octanol–water partition coefficient (Wildman–Crippen LogP) is 9.91. The molecular weight excluding hydrogens is 590 g/mol. The number of hydrogen-bond acceptors (Lipinski definition) is 5. The first-order valence-electron chi connectivity index (χ1n) is 16.3.